The van der Waals surface area contributed by atoms with Crippen LogP contribution in [0.3, 0.4) is 0 Å². The summed E-state index contributed by atoms with van der Waals surface area (Å²) in [6, 6.07) is 3.78. The summed E-state index contributed by atoms with van der Waals surface area (Å²) in [6.07, 6.45) is 0.812. The molecule has 0 saturated heterocycles. The van der Waals surface area contributed by atoms with Crippen molar-refractivity contribution in [1.82, 2.24) is 4.98 Å². The first-order valence-corrected chi connectivity index (χ1v) is 6.04. The quantitative estimate of drug-likeness (QED) is 0.916. The van der Waals surface area contributed by atoms with E-state index in [4.69, 9.17) is 19.9 Å². The molecule has 0 unspecified atom stereocenters. The number of hydrogen-bond donors (Lipinski definition) is 1. The molecule has 2 rings (SSSR count). The maximum atomic E-state index is 5.93. The zero-order valence-corrected chi connectivity index (χ0v) is 11.6. The van der Waals surface area contributed by atoms with Gasteiger partial charge in [0, 0.05) is 11.5 Å². The minimum absolute atomic E-state index is 0.532. The molecule has 0 atom stereocenters. The van der Waals surface area contributed by atoms with Gasteiger partial charge < -0.3 is 19.9 Å². The van der Waals surface area contributed by atoms with Crippen molar-refractivity contribution >= 4 is 16.7 Å². The lowest BCUT2D eigenvalue weighted by Crippen LogP contribution is -2.01. The van der Waals surface area contributed by atoms with E-state index in [1.807, 2.05) is 13.0 Å². The van der Waals surface area contributed by atoms with Crippen LogP contribution in [0.25, 0.3) is 10.9 Å². The summed E-state index contributed by atoms with van der Waals surface area (Å²) in [6.45, 7) is 2.03. The molecule has 0 amide bonds. The Morgan fingerprint density at radius 1 is 1.05 bits per heavy atom. The summed E-state index contributed by atoms with van der Waals surface area (Å²) in [7, 11) is 4.75. The van der Waals surface area contributed by atoms with Crippen molar-refractivity contribution in [2.24, 2.45) is 0 Å². The van der Waals surface area contributed by atoms with E-state index in [0.717, 1.165) is 22.9 Å². The van der Waals surface area contributed by atoms with Gasteiger partial charge in [-0.1, -0.05) is 6.92 Å². The van der Waals surface area contributed by atoms with Crippen LogP contribution in [0.5, 0.6) is 17.2 Å². The number of fused-ring (bicyclic) bond motifs is 1. The second-order valence-electron chi connectivity index (χ2n) is 4.10. The summed E-state index contributed by atoms with van der Waals surface area (Å²) in [5, 5.41) is 0.867. The highest BCUT2D eigenvalue weighted by Crippen LogP contribution is 2.43. The fourth-order valence-electron chi connectivity index (χ4n) is 2.13. The summed E-state index contributed by atoms with van der Waals surface area (Å²) < 4.78 is 16.1. The third-order valence-corrected chi connectivity index (χ3v) is 3.12. The van der Waals surface area contributed by atoms with Gasteiger partial charge in [0.2, 0.25) is 5.75 Å². The largest absolute Gasteiger partial charge is 0.493 e. The number of nitrogens with two attached hydrogens (primary N) is 1. The molecule has 1 aromatic carbocycles. The second-order valence-corrected chi connectivity index (χ2v) is 4.10. The van der Waals surface area contributed by atoms with Crippen LogP contribution in [0.15, 0.2) is 12.1 Å². The van der Waals surface area contributed by atoms with E-state index in [1.165, 1.54) is 0 Å². The zero-order chi connectivity index (χ0) is 14.0. The Kier molecular flexibility index (Phi) is 3.64. The zero-order valence-electron chi connectivity index (χ0n) is 11.6. The highest BCUT2D eigenvalue weighted by Gasteiger charge is 2.17. The Hall–Kier alpha value is -2.17. The van der Waals surface area contributed by atoms with Crippen molar-refractivity contribution in [3.05, 3.63) is 17.7 Å². The molecule has 5 nitrogen and oxygen atoms in total. The molecule has 0 bridgehead atoms. The number of pyridine rings is 1. The standard InChI is InChI=1S/C14H18N2O3/c1-5-8-6-9-10(16-14(8)15)7-11(17-2)13(19-4)12(9)18-3/h6-7H,5H2,1-4H3,(H2,15,16). The lowest BCUT2D eigenvalue weighted by Gasteiger charge is -2.15. The third kappa shape index (κ3) is 2.12. The summed E-state index contributed by atoms with van der Waals surface area (Å²) in [4.78, 5) is 4.40. The van der Waals surface area contributed by atoms with Gasteiger partial charge in [0.15, 0.2) is 11.5 Å². The van der Waals surface area contributed by atoms with E-state index >= 15 is 0 Å². The SMILES string of the molecule is CCc1cc2c(OC)c(OC)c(OC)cc2nc1N. The van der Waals surface area contributed by atoms with Crippen LogP contribution in [0.1, 0.15) is 12.5 Å². The molecule has 102 valence electrons. The van der Waals surface area contributed by atoms with Gasteiger partial charge in [0.05, 0.1) is 26.8 Å². The average molecular weight is 262 g/mol. The van der Waals surface area contributed by atoms with Gasteiger partial charge in [-0.2, -0.15) is 0 Å². The first kappa shape index (κ1) is 13.3. The van der Waals surface area contributed by atoms with Crippen molar-refractivity contribution in [3.8, 4) is 17.2 Å². The Morgan fingerprint density at radius 3 is 2.26 bits per heavy atom. The van der Waals surface area contributed by atoms with E-state index in [0.29, 0.717) is 23.1 Å². The molecule has 2 aromatic rings. The maximum Gasteiger partial charge on any atom is 0.204 e. The molecule has 0 fully saturated rings. The predicted octanol–water partition coefficient (Wildman–Crippen LogP) is 2.41. The Labute approximate surface area is 112 Å². The van der Waals surface area contributed by atoms with Gasteiger partial charge >= 0.3 is 0 Å². The van der Waals surface area contributed by atoms with Gasteiger partial charge in [0.1, 0.15) is 5.82 Å². The van der Waals surface area contributed by atoms with Crippen molar-refractivity contribution in [1.29, 1.82) is 0 Å². The molecule has 19 heavy (non-hydrogen) atoms. The number of rotatable bonds is 4. The number of nitrogens with zero attached hydrogens (tertiary/aromatic N) is 1. The molecule has 0 aliphatic rings. The van der Waals surface area contributed by atoms with Crippen LogP contribution >= 0.6 is 0 Å². The molecule has 1 heterocycles. The predicted molar refractivity (Wildman–Crippen MR) is 75.2 cm³/mol. The number of ether oxygens (including phenoxy) is 3. The van der Waals surface area contributed by atoms with Gasteiger partial charge in [-0.25, -0.2) is 4.98 Å². The monoisotopic (exact) mass is 262 g/mol. The van der Waals surface area contributed by atoms with Crippen molar-refractivity contribution in [3.63, 3.8) is 0 Å². The van der Waals surface area contributed by atoms with Crippen LogP contribution in [0.4, 0.5) is 5.82 Å². The maximum absolute atomic E-state index is 5.93. The van der Waals surface area contributed by atoms with Crippen LogP contribution in [-0.4, -0.2) is 26.3 Å². The van der Waals surface area contributed by atoms with Gasteiger partial charge in [-0.05, 0) is 18.1 Å². The van der Waals surface area contributed by atoms with Gasteiger partial charge in [0.25, 0.3) is 0 Å². The lowest BCUT2D eigenvalue weighted by atomic mass is 10.1. The normalized spacial score (nSPS) is 10.5. The van der Waals surface area contributed by atoms with Crippen LogP contribution in [-0.2, 0) is 6.42 Å². The minimum atomic E-state index is 0.532. The molecular weight excluding hydrogens is 244 g/mol. The number of nitrogen functional groups attached to an aromatic ring is 1. The average Bonchev–Trinajstić information content (AvgIpc) is 2.44. The Bertz CT molecular complexity index is 611. The fraction of sp³-hybridized carbons (Fsp3) is 0.357. The van der Waals surface area contributed by atoms with E-state index in [9.17, 15) is 0 Å². The molecular formula is C14H18N2O3. The summed E-state index contributed by atoms with van der Waals surface area (Å²) in [5.41, 5.74) is 7.64. The number of aryl methyl sites for hydroxylation is 1. The molecule has 0 aliphatic heterocycles. The summed E-state index contributed by atoms with van der Waals surface area (Å²) >= 11 is 0. The lowest BCUT2D eigenvalue weighted by molar-refractivity contribution is 0.327. The van der Waals surface area contributed by atoms with E-state index in [1.54, 1.807) is 27.4 Å². The number of aromatic nitrogens is 1. The van der Waals surface area contributed by atoms with Crippen molar-refractivity contribution in [2.45, 2.75) is 13.3 Å². The molecule has 0 spiro atoms. The Balaban J connectivity index is 2.85. The number of methoxy groups -OCH3 is 3. The van der Waals surface area contributed by atoms with Gasteiger partial charge in [-0.15, -0.1) is 0 Å². The van der Waals surface area contributed by atoms with Crippen molar-refractivity contribution in [2.75, 3.05) is 27.1 Å². The van der Waals surface area contributed by atoms with E-state index in [2.05, 4.69) is 4.98 Å². The smallest absolute Gasteiger partial charge is 0.204 e. The van der Waals surface area contributed by atoms with Crippen LogP contribution in [0.2, 0.25) is 0 Å². The Morgan fingerprint density at radius 2 is 1.74 bits per heavy atom. The van der Waals surface area contributed by atoms with E-state index in [-0.39, 0.29) is 0 Å². The minimum Gasteiger partial charge on any atom is -0.493 e. The number of anilines is 1. The first-order chi connectivity index (χ1) is 9.15. The molecule has 5 heteroatoms. The molecule has 0 radical (unpaired) electrons. The highest BCUT2D eigenvalue weighted by atomic mass is 16.5. The van der Waals surface area contributed by atoms with Crippen LogP contribution in [0, 0.1) is 0 Å². The number of hydrogen-bond acceptors (Lipinski definition) is 5. The fourth-order valence-corrected chi connectivity index (χ4v) is 2.13. The van der Waals surface area contributed by atoms with Crippen LogP contribution < -0.4 is 19.9 Å². The van der Waals surface area contributed by atoms with Crippen molar-refractivity contribution < 1.29 is 14.2 Å². The molecule has 0 saturated carbocycles. The molecule has 1 aromatic heterocycles. The number of benzene rings is 1. The second kappa shape index (κ2) is 5.22. The highest BCUT2D eigenvalue weighted by molar-refractivity contribution is 5.92. The van der Waals surface area contributed by atoms with E-state index < -0.39 is 0 Å². The third-order valence-electron chi connectivity index (χ3n) is 3.12. The first-order valence-electron chi connectivity index (χ1n) is 6.04. The van der Waals surface area contributed by atoms with Gasteiger partial charge in [-0.3, -0.25) is 0 Å². The topological polar surface area (TPSA) is 66.6 Å². The summed E-state index contributed by atoms with van der Waals surface area (Å²) in [5.74, 6) is 2.28. The molecule has 0 aliphatic carbocycles. The molecule has 2 N–H and O–H groups in total.